The molecule has 140 valence electrons. The second kappa shape index (κ2) is 10.5. The van der Waals surface area contributed by atoms with E-state index in [1.165, 1.54) is 12.1 Å². The fourth-order valence-electron chi connectivity index (χ4n) is 2.95. The second-order valence-electron chi connectivity index (χ2n) is 6.54. The zero-order valence-electron chi connectivity index (χ0n) is 14.6. The highest BCUT2D eigenvalue weighted by Crippen LogP contribution is 2.14. The molecule has 1 fully saturated rings. The van der Waals surface area contributed by atoms with Gasteiger partial charge in [-0.15, -0.1) is 0 Å². The number of aliphatic hydroxyl groups excluding tert-OH is 2. The maximum Gasteiger partial charge on any atom is 0.256 e. The predicted octanol–water partition coefficient (Wildman–Crippen LogP) is 2.36. The normalized spacial score (nSPS) is 24.5. The Kier molecular flexibility index (Phi) is 8.31. The predicted molar refractivity (Wildman–Crippen MR) is 92.8 cm³/mol. The van der Waals surface area contributed by atoms with E-state index in [1.807, 2.05) is 0 Å². The molecule has 25 heavy (non-hydrogen) atoms. The van der Waals surface area contributed by atoms with Crippen molar-refractivity contribution in [3.8, 4) is 0 Å². The molecule has 0 unspecified atom stereocenters. The van der Waals surface area contributed by atoms with E-state index in [4.69, 9.17) is 4.74 Å². The van der Waals surface area contributed by atoms with Crippen molar-refractivity contribution in [2.24, 2.45) is 0 Å². The lowest BCUT2D eigenvalue weighted by atomic mass is 10.1. The number of carbonyl (C=O) groups excluding carboxylic acids is 1. The van der Waals surface area contributed by atoms with E-state index in [9.17, 15) is 19.4 Å². The molecule has 1 aromatic carbocycles. The lowest BCUT2D eigenvalue weighted by molar-refractivity contribution is -0.0434. The largest absolute Gasteiger partial charge is 0.390 e. The van der Waals surface area contributed by atoms with E-state index >= 15 is 0 Å². The Morgan fingerprint density at radius 3 is 2.56 bits per heavy atom. The monoisotopic (exact) mass is 353 g/mol. The Morgan fingerprint density at radius 2 is 1.76 bits per heavy atom. The van der Waals surface area contributed by atoms with Crippen LogP contribution in [0.5, 0.6) is 0 Å². The first-order valence-corrected chi connectivity index (χ1v) is 9.07. The van der Waals surface area contributed by atoms with Crippen LogP contribution < -0.4 is 0 Å². The highest BCUT2D eigenvalue weighted by molar-refractivity contribution is 5.94. The standard InChI is InChI=1S/C19H28FNO4/c20-16-9-5-4-8-15(16)19(24)21-11-6-2-1-3-7-13-25-14-18(23)17(22)10-12-21/h4-5,8-9,17-18,22-23H,1-3,6-7,10-14H2/t17-,18+/m0/s1. The summed E-state index contributed by atoms with van der Waals surface area (Å²) in [5, 5.41) is 20.0. The Balaban J connectivity index is 2.04. The molecule has 1 saturated heterocycles. The molecule has 0 radical (unpaired) electrons. The number of halogens is 1. The summed E-state index contributed by atoms with van der Waals surface area (Å²) in [6.07, 6.45) is 3.10. The highest BCUT2D eigenvalue weighted by Gasteiger charge is 2.22. The number of rotatable bonds is 1. The van der Waals surface area contributed by atoms with Gasteiger partial charge in [-0.25, -0.2) is 4.39 Å². The number of benzene rings is 1. The molecule has 0 saturated carbocycles. The van der Waals surface area contributed by atoms with Crippen LogP contribution in [0.1, 0.15) is 48.9 Å². The van der Waals surface area contributed by atoms with Gasteiger partial charge in [0.2, 0.25) is 0 Å². The molecule has 1 heterocycles. The van der Waals surface area contributed by atoms with Crippen LogP contribution in [0, 0.1) is 5.82 Å². The molecular weight excluding hydrogens is 325 g/mol. The fourth-order valence-corrected chi connectivity index (χ4v) is 2.95. The van der Waals surface area contributed by atoms with Gasteiger partial charge in [-0.05, 0) is 31.4 Å². The molecular formula is C19H28FNO4. The molecule has 0 aromatic heterocycles. The summed E-state index contributed by atoms with van der Waals surface area (Å²) in [6, 6.07) is 5.93. The van der Waals surface area contributed by atoms with Crippen molar-refractivity contribution in [1.29, 1.82) is 0 Å². The molecule has 0 aliphatic carbocycles. The number of nitrogens with zero attached hydrogens (tertiary/aromatic N) is 1. The summed E-state index contributed by atoms with van der Waals surface area (Å²) >= 11 is 0. The van der Waals surface area contributed by atoms with Crippen molar-refractivity contribution in [1.82, 2.24) is 4.90 Å². The summed E-state index contributed by atoms with van der Waals surface area (Å²) < 4.78 is 19.3. The van der Waals surface area contributed by atoms with Crippen molar-refractivity contribution in [2.75, 3.05) is 26.3 Å². The van der Waals surface area contributed by atoms with Crippen molar-refractivity contribution in [3.05, 3.63) is 35.6 Å². The Bertz CT molecular complexity index is 540. The molecule has 2 N–H and O–H groups in total. The maximum absolute atomic E-state index is 13.9. The van der Waals surface area contributed by atoms with E-state index in [0.717, 1.165) is 32.1 Å². The van der Waals surface area contributed by atoms with Gasteiger partial charge in [0.15, 0.2) is 0 Å². The number of hydrogen-bond acceptors (Lipinski definition) is 4. The average Bonchev–Trinajstić information content (AvgIpc) is 2.61. The van der Waals surface area contributed by atoms with Gasteiger partial charge in [-0.2, -0.15) is 0 Å². The van der Waals surface area contributed by atoms with Gasteiger partial charge >= 0.3 is 0 Å². The molecule has 1 aromatic rings. The van der Waals surface area contributed by atoms with Gasteiger partial charge in [0.05, 0.1) is 18.3 Å². The first-order valence-electron chi connectivity index (χ1n) is 9.07. The first-order chi connectivity index (χ1) is 12.1. The molecule has 6 heteroatoms. The quantitative estimate of drug-likeness (QED) is 0.813. The number of ether oxygens (including phenoxy) is 1. The van der Waals surface area contributed by atoms with Gasteiger partial charge in [0.25, 0.3) is 5.91 Å². The topological polar surface area (TPSA) is 70.0 Å². The lowest BCUT2D eigenvalue weighted by Gasteiger charge is -2.26. The van der Waals surface area contributed by atoms with Crippen molar-refractivity contribution in [3.63, 3.8) is 0 Å². The van der Waals surface area contributed by atoms with E-state index in [1.54, 1.807) is 17.0 Å². The van der Waals surface area contributed by atoms with Crippen LogP contribution in [0.25, 0.3) is 0 Å². The minimum absolute atomic E-state index is 0.0435. The van der Waals surface area contributed by atoms with Gasteiger partial charge < -0.3 is 19.8 Å². The average molecular weight is 353 g/mol. The van der Waals surface area contributed by atoms with Crippen LogP contribution >= 0.6 is 0 Å². The van der Waals surface area contributed by atoms with Crippen LogP contribution in [-0.2, 0) is 4.74 Å². The summed E-state index contributed by atoms with van der Waals surface area (Å²) in [7, 11) is 0. The number of aliphatic hydroxyl groups is 2. The SMILES string of the molecule is O=C(c1ccccc1F)N1CCCCCCCOC[C@@H](O)[C@@H](O)CC1. The molecule has 1 amide bonds. The van der Waals surface area contributed by atoms with E-state index in [2.05, 4.69) is 0 Å². The molecule has 1 aliphatic heterocycles. The second-order valence-corrected chi connectivity index (χ2v) is 6.54. The number of carbonyl (C=O) groups is 1. The Morgan fingerprint density at radius 1 is 1.04 bits per heavy atom. The molecule has 0 spiro atoms. The van der Waals surface area contributed by atoms with E-state index in [-0.39, 0.29) is 31.0 Å². The van der Waals surface area contributed by atoms with E-state index < -0.39 is 18.0 Å². The summed E-state index contributed by atoms with van der Waals surface area (Å²) in [6.45, 7) is 1.46. The lowest BCUT2D eigenvalue weighted by Crippen LogP contribution is -2.38. The van der Waals surface area contributed by atoms with E-state index in [0.29, 0.717) is 13.2 Å². The van der Waals surface area contributed by atoms with Crippen LogP contribution in [0.15, 0.2) is 24.3 Å². The Labute approximate surface area is 148 Å². The smallest absolute Gasteiger partial charge is 0.256 e. The summed E-state index contributed by atoms with van der Waals surface area (Å²) in [5.74, 6) is -0.913. The fraction of sp³-hybridized carbons (Fsp3) is 0.632. The van der Waals surface area contributed by atoms with Crippen molar-refractivity contribution >= 4 is 5.91 Å². The highest BCUT2D eigenvalue weighted by atomic mass is 19.1. The zero-order valence-corrected chi connectivity index (χ0v) is 14.6. The minimum Gasteiger partial charge on any atom is -0.390 e. The molecule has 1 aliphatic rings. The third kappa shape index (κ3) is 6.38. The van der Waals surface area contributed by atoms with Crippen LogP contribution in [0.4, 0.5) is 4.39 Å². The van der Waals surface area contributed by atoms with Gasteiger partial charge in [-0.3, -0.25) is 4.79 Å². The van der Waals surface area contributed by atoms with Gasteiger partial charge in [0, 0.05) is 19.7 Å². The third-order valence-electron chi connectivity index (χ3n) is 4.54. The minimum atomic E-state index is -0.978. The zero-order chi connectivity index (χ0) is 18.1. The van der Waals surface area contributed by atoms with Crippen LogP contribution in [0.3, 0.4) is 0 Å². The van der Waals surface area contributed by atoms with Crippen molar-refractivity contribution in [2.45, 2.75) is 50.7 Å². The molecule has 5 nitrogen and oxygen atoms in total. The number of hydrogen-bond donors (Lipinski definition) is 2. The molecule has 2 atom stereocenters. The van der Waals surface area contributed by atoms with Crippen LogP contribution in [0.2, 0.25) is 0 Å². The number of amides is 1. The first kappa shape index (κ1) is 19.8. The molecule has 0 bridgehead atoms. The Hall–Kier alpha value is -1.50. The van der Waals surface area contributed by atoms with Gasteiger partial charge in [0.1, 0.15) is 11.9 Å². The van der Waals surface area contributed by atoms with Gasteiger partial charge in [-0.1, -0.05) is 31.4 Å². The molecule has 2 rings (SSSR count). The summed E-state index contributed by atoms with van der Waals surface area (Å²) in [5.41, 5.74) is 0.0435. The van der Waals surface area contributed by atoms with Crippen molar-refractivity contribution < 1.29 is 24.1 Å². The maximum atomic E-state index is 13.9. The van der Waals surface area contributed by atoms with Crippen LogP contribution in [-0.4, -0.2) is 59.5 Å². The third-order valence-corrected chi connectivity index (χ3v) is 4.54. The summed E-state index contributed by atoms with van der Waals surface area (Å²) in [4.78, 5) is 14.2.